The summed E-state index contributed by atoms with van der Waals surface area (Å²) in [6.07, 6.45) is 8.69. The molecule has 3 rings (SSSR count). The highest BCUT2D eigenvalue weighted by Gasteiger charge is 2.23. The van der Waals surface area contributed by atoms with Gasteiger partial charge in [-0.1, -0.05) is 12.1 Å². The number of piperidine rings is 1. The van der Waals surface area contributed by atoms with Gasteiger partial charge in [-0.3, -0.25) is 0 Å². The molecule has 0 radical (unpaired) electrons. The third-order valence-corrected chi connectivity index (χ3v) is 5.58. The average Bonchev–Trinajstić information content (AvgIpc) is 2.63. The Kier molecular flexibility index (Phi) is 6.12. The topological polar surface area (TPSA) is 62.3 Å². The van der Waals surface area contributed by atoms with Crippen molar-refractivity contribution in [3.8, 4) is 11.8 Å². The number of nitrogens with zero attached hydrogens (tertiary/aromatic N) is 2. The number of hydrogen-bond acceptors (Lipinski definition) is 4. The summed E-state index contributed by atoms with van der Waals surface area (Å²) in [5, 5.41) is 9.15. The zero-order valence-electron chi connectivity index (χ0n) is 14.5. The van der Waals surface area contributed by atoms with Crippen LogP contribution in [-0.4, -0.2) is 36.7 Å². The Labute approximate surface area is 145 Å². The lowest BCUT2D eigenvalue weighted by Crippen LogP contribution is -2.39. The predicted molar refractivity (Wildman–Crippen MR) is 95.8 cm³/mol. The van der Waals surface area contributed by atoms with Crippen molar-refractivity contribution >= 4 is 0 Å². The van der Waals surface area contributed by atoms with Crippen LogP contribution in [0.15, 0.2) is 24.3 Å². The number of hydrogen-bond donors (Lipinski definition) is 1. The molecule has 0 bridgehead atoms. The maximum Gasteiger partial charge on any atom is 0.137 e. The largest absolute Gasteiger partial charge is 0.489 e. The second-order valence-electron chi connectivity index (χ2n) is 7.34. The van der Waals surface area contributed by atoms with Crippen LogP contribution in [-0.2, 0) is 0 Å². The third kappa shape index (κ3) is 4.72. The number of ether oxygens (including phenoxy) is 1. The van der Waals surface area contributed by atoms with Gasteiger partial charge >= 0.3 is 0 Å². The molecule has 1 aromatic rings. The summed E-state index contributed by atoms with van der Waals surface area (Å²) in [5.41, 5.74) is 6.63. The Balaban J connectivity index is 1.39. The van der Waals surface area contributed by atoms with Crippen molar-refractivity contribution in [2.45, 2.75) is 57.1 Å². The van der Waals surface area contributed by atoms with Crippen molar-refractivity contribution < 1.29 is 4.74 Å². The normalized spacial score (nSPS) is 26.0. The molecular weight excluding hydrogens is 298 g/mol. The number of likely N-dealkylation sites (tertiary alicyclic amines) is 1. The molecule has 1 aliphatic heterocycles. The van der Waals surface area contributed by atoms with Crippen LogP contribution in [0.5, 0.6) is 5.75 Å². The molecule has 4 heteroatoms. The van der Waals surface area contributed by atoms with Gasteiger partial charge in [0.15, 0.2) is 0 Å². The van der Waals surface area contributed by atoms with Crippen LogP contribution in [0.4, 0.5) is 0 Å². The van der Waals surface area contributed by atoms with Gasteiger partial charge in [0.05, 0.1) is 5.56 Å². The van der Waals surface area contributed by atoms with Crippen LogP contribution in [0.3, 0.4) is 0 Å². The maximum atomic E-state index is 9.15. The van der Waals surface area contributed by atoms with Crippen molar-refractivity contribution in [1.82, 2.24) is 4.90 Å². The van der Waals surface area contributed by atoms with Gasteiger partial charge < -0.3 is 15.4 Å². The number of nitrogens with two attached hydrogens (primary N) is 1. The fourth-order valence-corrected chi connectivity index (χ4v) is 3.93. The molecule has 0 amide bonds. The first-order valence-electron chi connectivity index (χ1n) is 9.38. The Bertz CT molecular complexity index is 552. The summed E-state index contributed by atoms with van der Waals surface area (Å²) >= 11 is 0. The Hall–Kier alpha value is -1.57. The number of nitriles is 1. The number of para-hydroxylation sites is 1. The zero-order chi connectivity index (χ0) is 16.8. The number of benzene rings is 1. The van der Waals surface area contributed by atoms with E-state index in [9.17, 15) is 0 Å². The first-order valence-corrected chi connectivity index (χ1v) is 9.38. The fraction of sp³-hybridized carbons (Fsp3) is 0.650. The van der Waals surface area contributed by atoms with E-state index in [1.165, 1.54) is 38.6 Å². The van der Waals surface area contributed by atoms with Crippen LogP contribution in [0.2, 0.25) is 0 Å². The molecule has 0 spiro atoms. The molecule has 2 aliphatic rings. The molecule has 0 unspecified atom stereocenters. The van der Waals surface area contributed by atoms with Crippen molar-refractivity contribution in [2.24, 2.45) is 11.7 Å². The number of rotatable bonds is 5. The second kappa shape index (κ2) is 8.50. The quantitative estimate of drug-likeness (QED) is 0.901. The summed E-state index contributed by atoms with van der Waals surface area (Å²) in [6, 6.07) is 10.2. The highest BCUT2D eigenvalue weighted by Crippen LogP contribution is 2.27. The summed E-state index contributed by atoms with van der Waals surface area (Å²) in [5.74, 6) is 1.61. The molecule has 1 aromatic carbocycles. The van der Waals surface area contributed by atoms with E-state index in [-0.39, 0.29) is 6.10 Å². The molecule has 1 saturated carbocycles. The fourth-order valence-electron chi connectivity index (χ4n) is 3.93. The van der Waals surface area contributed by atoms with Gasteiger partial charge in [0.25, 0.3) is 0 Å². The smallest absolute Gasteiger partial charge is 0.137 e. The van der Waals surface area contributed by atoms with Crippen LogP contribution in [0.1, 0.15) is 50.5 Å². The summed E-state index contributed by atoms with van der Waals surface area (Å²) in [7, 11) is 0. The molecule has 0 aromatic heterocycles. The molecule has 24 heavy (non-hydrogen) atoms. The molecular formula is C20H29N3O. The second-order valence-corrected chi connectivity index (χ2v) is 7.34. The van der Waals surface area contributed by atoms with Crippen molar-refractivity contribution in [3.05, 3.63) is 29.8 Å². The molecule has 1 saturated heterocycles. The summed E-state index contributed by atoms with van der Waals surface area (Å²) in [6.45, 7) is 3.42. The molecule has 4 nitrogen and oxygen atoms in total. The maximum absolute atomic E-state index is 9.15. The minimum atomic E-state index is 0.239. The Morgan fingerprint density at radius 2 is 1.79 bits per heavy atom. The zero-order valence-corrected chi connectivity index (χ0v) is 14.5. The van der Waals surface area contributed by atoms with Crippen LogP contribution in [0, 0.1) is 17.2 Å². The van der Waals surface area contributed by atoms with Crippen molar-refractivity contribution in [2.75, 3.05) is 19.6 Å². The predicted octanol–water partition coefficient (Wildman–Crippen LogP) is 3.31. The van der Waals surface area contributed by atoms with Crippen LogP contribution < -0.4 is 10.5 Å². The molecule has 2 fully saturated rings. The van der Waals surface area contributed by atoms with Crippen molar-refractivity contribution in [1.29, 1.82) is 5.26 Å². The summed E-state index contributed by atoms with van der Waals surface area (Å²) < 4.78 is 6.07. The third-order valence-electron chi connectivity index (χ3n) is 5.58. The van der Waals surface area contributed by atoms with E-state index < -0.39 is 0 Å². The Morgan fingerprint density at radius 1 is 1.08 bits per heavy atom. The van der Waals surface area contributed by atoms with E-state index in [1.54, 1.807) is 0 Å². The van der Waals surface area contributed by atoms with E-state index >= 15 is 0 Å². The van der Waals surface area contributed by atoms with Gasteiger partial charge in [-0.2, -0.15) is 5.26 Å². The Morgan fingerprint density at radius 3 is 2.50 bits per heavy atom. The van der Waals surface area contributed by atoms with Gasteiger partial charge in [0.2, 0.25) is 0 Å². The standard InChI is InChI=1S/C20H29N3O/c21-15-17-3-1-2-4-20(17)24-19-10-13-23(14-11-19)12-9-16-5-7-18(22)8-6-16/h1-4,16,18-19H,5-14,22H2/t16-,18-. The van der Waals surface area contributed by atoms with Crippen LogP contribution >= 0.6 is 0 Å². The average molecular weight is 327 g/mol. The minimum absolute atomic E-state index is 0.239. The molecule has 0 atom stereocenters. The molecule has 130 valence electrons. The first kappa shape index (κ1) is 17.3. The van der Waals surface area contributed by atoms with Gasteiger partial charge in [-0.15, -0.1) is 0 Å². The van der Waals surface area contributed by atoms with Gasteiger partial charge in [-0.25, -0.2) is 0 Å². The first-order chi connectivity index (χ1) is 11.7. The monoisotopic (exact) mass is 327 g/mol. The summed E-state index contributed by atoms with van der Waals surface area (Å²) in [4.78, 5) is 2.57. The lowest BCUT2D eigenvalue weighted by Gasteiger charge is -2.34. The van der Waals surface area contributed by atoms with E-state index in [0.29, 0.717) is 11.6 Å². The SMILES string of the molecule is N#Cc1ccccc1OC1CCN(CC[C@H]2CC[C@H](N)CC2)CC1. The minimum Gasteiger partial charge on any atom is -0.489 e. The molecule has 1 heterocycles. The van der Waals surface area contributed by atoms with Gasteiger partial charge in [0.1, 0.15) is 17.9 Å². The van der Waals surface area contributed by atoms with Crippen molar-refractivity contribution in [3.63, 3.8) is 0 Å². The molecule has 2 N–H and O–H groups in total. The van der Waals surface area contributed by atoms with E-state index in [1.807, 2.05) is 24.3 Å². The lowest BCUT2D eigenvalue weighted by atomic mass is 9.84. The lowest BCUT2D eigenvalue weighted by molar-refractivity contribution is 0.0950. The highest BCUT2D eigenvalue weighted by molar-refractivity contribution is 5.42. The van der Waals surface area contributed by atoms with E-state index in [2.05, 4.69) is 11.0 Å². The van der Waals surface area contributed by atoms with Crippen LogP contribution in [0.25, 0.3) is 0 Å². The molecule has 1 aliphatic carbocycles. The van der Waals surface area contributed by atoms with E-state index in [0.717, 1.165) is 37.6 Å². The highest BCUT2D eigenvalue weighted by atomic mass is 16.5. The van der Waals surface area contributed by atoms with Gasteiger partial charge in [-0.05, 0) is 69.5 Å². The van der Waals surface area contributed by atoms with Gasteiger partial charge in [0, 0.05) is 19.1 Å². The van der Waals surface area contributed by atoms with E-state index in [4.69, 9.17) is 15.7 Å².